The highest BCUT2D eigenvalue weighted by Gasteiger charge is 2.55. The van der Waals surface area contributed by atoms with Crippen LogP contribution in [0.4, 0.5) is 11.4 Å². The van der Waals surface area contributed by atoms with Gasteiger partial charge in [0, 0.05) is 33.4 Å². The van der Waals surface area contributed by atoms with Gasteiger partial charge in [-0.2, -0.15) is 5.01 Å². The molecule has 1 saturated heterocycles. The van der Waals surface area contributed by atoms with Gasteiger partial charge >= 0.3 is 0 Å². The molecule has 2 aliphatic rings. The SMILES string of the molecule is O=C(CN(C(=O)c1ccccc1[N+](=O)[O-])N1C(=O)[C@@H]2C[C@H](Br)[C@@H](Br)C[C@H]2C1=O)c1ccc([N+](=O)[O-])cc1. The number of imide groups is 1. The predicted molar refractivity (Wildman–Crippen MR) is 135 cm³/mol. The van der Waals surface area contributed by atoms with Crippen molar-refractivity contribution >= 4 is 66.7 Å². The third-order valence-electron chi connectivity index (χ3n) is 6.39. The van der Waals surface area contributed by atoms with E-state index in [0.717, 1.165) is 18.2 Å². The molecular formula is C23H18Br2N4O8. The van der Waals surface area contributed by atoms with Crippen molar-refractivity contribution in [2.24, 2.45) is 11.8 Å². The van der Waals surface area contributed by atoms with Crippen LogP contribution >= 0.6 is 31.9 Å². The smallest absolute Gasteiger partial charge is 0.282 e. The van der Waals surface area contributed by atoms with Crippen LogP contribution in [0.2, 0.25) is 0 Å². The van der Waals surface area contributed by atoms with Crippen LogP contribution in [0.1, 0.15) is 33.6 Å². The number of Topliss-reactive ketones (excluding diaryl/α,β-unsaturated/α-hetero) is 1. The Bertz CT molecular complexity index is 1290. The number of nitro benzene ring substituents is 2. The van der Waals surface area contributed by atoms with Gasteiger partial charge in [0.1, 0.15) is 12.1 Å². The van der Waals surface area contributed by atoms with Crippen LogP contribution in [0.5, 0.6) is 0 Å². The Labute approximate surface area is 226 Å². The van der Waals surface area contributed by atoms with Gasteiger partial charge in [-0.1, -0.05) is 44.0 Å². The van der Waals surface area contributed by atoms with Crippen molar-refractivity contribution < 1.29 is 29.0 Å². The summed E-state index contributed by atoms with van der Waals surface area (Å²) in [7, 11) is 0. The number of hydrazine groups is 1. The summed E-state index contributed by atoms with van der Waals surface area (Å²) in [5.41, 5.74) is -1.23. The predicted octanol–water partition coefficient (Wildman–Crippen LogP) is 3.67. The zero-order chi connectivity index (χ0) is 27.0. The molecule has 12 nitrogen and oxygen atoms in total. The molecule has 2 fully saturated rings. The normalized spacial score (nSPS) is 22.9. The van der Waals surface area contributed by atoms with E-state index in [1.807, 2.05) is 0 Å². The van der Waals surface area contributed by atoms with Gasteiger partial charge in [-0.25, -0.2) is 5.01 Å². The number of non-ortho nitro benzene ring substituents is 1. The Balaban J connectivity index is 1.73. The lowest BCUT2D eigenvalue weighted by molar-refractivity contribution is -0.385. The fourth-order valence-electron chi connectivity index (χ4n) is 4.50. The molecule has 4 atom stereocenters. The number of hydrogen-bond donors (Lipinski definition) is 0. The molecule has 0 bridgehead atoms. The van der Waals surface area contributed by atoms with Gasteiger partial charge in [-0.15, -0.1) is 0 Å². The summed E-state index contributed by atoms with van der Waals surface area (Å²) in [5, 5.41) is 23.8. The van der Waals surface area contributed by atoms with Crippen molar-refractivity contribution in [1.29, 1.82) is 0 Å². The Morgan fingerprint density at radius 1 is 0.892 bits per heavy atom. The zero-order valence-corrected chi connectivity index (χ0v) is 22.0. The van der Waals surface area contributed by atoms with E-state index in [0.29, 0.717) is 22.9 Å². The quantitative estimate of drug-likeness (QED) is 0.146. The number of nitro groups is 2. The van der Waals surface area contributed by atoms with Crippen LogP contribution in [-0.4, -0.2) is 59.6 Å². The van der Waals surface area contributed by atoms with E-state index < -0.39 is 63.0 Å². The molecule has 0 unspecified atom stereocenters. The molecule has 3 amide bonds. The molecule has 1 heterocycles. The fourth-order valence-corrected chi connectivity index (χ4v) is 5.74. The summed E-state index contributed by atoms with van der Waals surface area (Å²) in [6.07, 6.45) is 0.622. The van der Waals surface area contributed by atoms with E-state index in [1.54, 1.807) is 0 Å². The number of carbonyl (C=O) groups excluding carboxylic acids is 4. The molecule has 1 saturated carbocycles. The standard InChI is InChI=1S/C23H18Br2N4O8/c24-17-9-15-16(10-18(17)25)23(33)27(22(15)32)26(21(31)14-3-1-2-4-19(14)29(36)37)11-20(30)12-5-7-13(8-6-12)28(34)35/h1-8,15-18H,9-11H2/t15-,16-,17+,18+/m1/s1. The minimum atomic E-state index is -1.08. The van der Waals surface area contributed by atoms with Gasteiger partial charge in [0.25, 0.3) is 29.1 Å². The second-order valence-electron chi connectivity index (χ2n) is 8.57. The summed E-state index contributed by atoms with van der Waals surface area (Å²) < 4.78 is 0. The first kappa shape index (κ1) is 26.5. The summed E-state index contributed by atoms with van der Waals surface area (Å²) in [6.45, 7) is -0.797. The van der Waals surface area contributed by atoms with Crippen LogP contribution in [0, 0.1) is 32.1 Å². The van der Waals surface area contributed by atoms with Crippen molar-refractivity contribution in [3.05, 3.63) is 79.9 Å². The summed E-state index contributed by atoms with van der Waals surface area (Å²) >= 11 is 6.97. The largest absolute Gasteiger partial charge is 0.292 e. The maximum absolute atomic E-state index is 13.6. The highest BCUT2D eigenvalue weighted by Crippen LogP contribution is 2.44. The van der Waals surface area contributed by atoms with Gasteiger partial charge < -0.3 is 0 Å². The number of ketones is 1. The van der Waals surface area contributed by atoms with Gasteiger partial charge in [0.05, 0.1) is 21.7 Å². The van der Waals surface area contributed by atoms with Gasteiger partial charge in [0.2, 0.25) is 0 Å². The first-order valence-corrected chi connectivity index (χ1v) is 12.8. The molecule has 0 radical (unpaired) electrons. The van der Waals surface area contributed by atoms with Gasteiger partial charge in [-0.05, 0) is 31.0 Å². The molecule has 2 aromatic carbocycles. The van der Waals surface area contributed by atoms with Gasteiger partial charge in [0.15, 0.2) is 5.78 Å². The second-order valence-corrected chi connectivity index (χ2v) is 10.9. The first-order chi connectivity index (χ1) is 17.5. The molecule has 1 aliphatic heterocycles. The lowest BCUT2D eigenvalue weighted by Gasteiger charge is -2.30. The molecule has 4 rings (SSSR count). The maximum atomic E-state index is 13.6. The first-order valence-electron chi connectivity index (χ1n) is 11.0. The monoisotopic (exact) mass is 636 g/mol. The number of para-hydroxylation sites is 1. The fraction of sp³-hybridized carbons (Fsp3) is 0.304. The Morgan fingerprint density at radius 2 is 1.43 bits per heavy atom. The number of rotatable bonds is 7. The van der Waals surface area contributed by atoms with Crippen LogP contribution < -0.4 is 0 Å². The van der Waals surface area contributed by atoms with Crippen LogP contribution in [-0.2, 0) is 9.59 Å². The lowest BCUT2D eigenvalue weighted by atomic mass is 9.81. The Hall–Kier alpha value is -3.52. The third kappa shape index (κ3) is 5.03. The molecule has 37 heavy (non-hydrogen) atoms. The topological polar surface area (TPSA) is 161 Å². The van der Waals surface area contributed by atoms with Crippen molar-refractivity contribution in [3.8, 4) is 0 Å². The highest BCUT2D eigenvalue weighted by atomic mass is 79.9. The number of halogens is 2. The van der Waals surface area contributed by atoms with Crippen LogP contribution in [0.15, 0.2) is 48.5 Å². The minimum absolute atomic E-state index is 0.0106. The number of benzene rings is 2. The Morgan fingerprint density at radius 3 is 1.95 bits per heavy atom. The number of alkyl halides is 2. The number of fused-ring (bicyclic) bond motifs is 1. The van der Waals surface area contributed by atoms with Crippen molar-refractivity contribution in [1.82, 2.24) is 10.0 Å². The number of amides is 3. The van der Waals surface area contributed by atoms with Gasteiger partial charge in [-0.3, -0.25) is 39.4 Å². The molecule has 0 aromatic heterocycles. The van der Waals surface area contributed by atoms with E-state index in [2.05, 4.69) is 31.9 Å². The summed E-state index contributed by atoms with van der Waals surface area (Å²) in [6, 6.07) is 9.59. The van der Waals surface area contributed by atoms with Crippen molar-refractivity contribution in [3.63, 3.8) is 0 Å². The number of carbonyl (C=O) groups is 4. The van der Waals surface area contributed by atoms with Crippen LogP contribution in [0.25, 0.3) is 0 Å². The summed E-state index contributed by atoms with van der Waals surface area (Å²) in [5.74, 6) is -4.63. The van der Waals surface area contributed by atoms with E-state index >= 15 is 0 Å². The van der Waals surface area contributed by atoms with Crippen molar-refractivity contribution in [2.75, 3.05) is 6.54 Å². The summed E-state index contributed by atoms with van der Waals surface area (Å²) in [4.78, 5) is 74.4. The maximum Gasteiger partial charge on any atom is 0.282 e. The average Bonchev–Trinajstić information content (AvgIpc) is 3.11. The second kappa shape index (κ2) is 10.5. The molecule has 192 valence electrons. The molecule has 2 aromatic rings. The zero-order valence-electron chi connectivity index (χ0n) is 18.9. The molecule has 0 spiro atoms. The Kier molecular flexibility index (Phi) is 7.50. The molecule has 1 aliphatic carbocycles. The number of nitrogens with zero attached hydrogens (tertiary/aromatic N) is 4. The van der Waals surface area contributed by atoms with Crippen molar-refractivity contribution in [2.45, 2.75) is 22.5 Å². The lowest BCUT2D eigenvalue weighted by Crippen LogP contribution is -2.52. The van der Waals surface area contributed by atoms with E-state index in [1.165, 1.54) is 30.3 Å². The molecular weight excluding hydrogens is 620 g/mol. The molecule has 14 heteroatoms. The van der Waals surface area contributed by atoms with E-state index in [9.17, 15) is 39.4 Å². The minimum Gasteiger partial charge on any atom is -0.292 e. The van der Waals surface area contributed by atoms with E-state index in [-0.39, 0.29) is 20.9 Å². The van der Waals surface area contributed by atoms with Crippen LogP contribution in [0.3, 0.4) is 0 Å². The third-order valence-corrected chi connectivity index (χ3v) is 9.12. The molecule has 0 N–H and O–H groups in total. The number of hydrogen-bond acceptors (Lipinski definition) is 8. The highest BCUT2D eigenvalue weighted by molar-refractivity contribution is 9.12. The van der Waals surface area contributed by atoms with E-state index in [4.69, 9.17) is 0 Å². The average molecular weight is 638 g/mol.